The van der Waals surface area contributed by atoms with Crippen LogP contribution in [0.5, 0.6) is 0 Å². The van der Waals surface area contributed by atoms with Crippen molar-refractivity contribution < 1.29 is 13.6 Å². The maximum Gasteiger partial charge on any atom is 0.265 e. The number of carbonyl (C=O) groups excluding carboxylic acids is 1. The molecule has 1 aliphatic rings. The molecule has 0 saturated heterocycles. The van der Waals surface area contributed by atoms with E-state index in [1.165, 1.54) is 12.4 Å². The third-order valence-electron chi connectivity index (χ3n) is 5.05. The van der Waals surface area contributed by atoms with Crippen molar-refractivity contribution in [1.82, 2.24) is 15.0 Å². The Morgan fingerprint density at radius 3 is 2.83 bits per heavy atom. The number of hydrogen-bond donors (Lipinski definition) is 2. The minimum Gasteiger partial charge on any atom is -0.383 e. The van der Waals surface area contributed by atoms with Gasteiger partial charge >= 0.3 is 0 Å². The fourth-order valence-corrected chi connectivity index (χ4v) is 3.25. The molecule has 0 aliphatic heterocycles. The highest BCUT2D eigenvalue weighted by molar-refractivity contribution is 5.98. The number of amides is 1. The minimum absolute atomic E-state index is 0.165. The summed E-state index contributed by atoms with van der Waals surface area (Å²) in [5.74, 6) is -0.313. The first kappa shape index (κ1) is 18.7. The number of halogens is 2. The smallest absolute Gasteiger partial charge is 0.265 e. The molecular formula is C20H16F2N6O. The molecule has 0 aromatic carbocycles. The van der Waals surface area contributed by atoms with Gasteiger partial charge in [0.1, 0.15) is 11.6 Å². The lowest BCUT2D eigenvalue weighted by Crippen LogP contribution is -2.15. The van der Waals surface area contributed by atoms with E-state index in [2.05, 4.69) is 26.3 Å². The average Bonchev–Trinajstić information content (AvgIpc) is 3.47. The molecule has 0 radical (unpaired) electrons. The van der Waals surface area contributed by atoms with Gasteiger partial charge in [-0.15, -0.1) is 0 Å². The number of nitriles is 1. The summed E-state index contributed by atoms with van der Waals surface area (Å²) in [4.78, 5) is 24.5. The number of fused-ring (bicyclic) bond motifs is 1. The van der Waals surface area contributed by atoms with Crippen LogP contribution in [0.4, 0.5) is 20.4 Å². The van der Waals surface area contributed by atoms with Gasteiger partial charge in [-0.2, -0.15) is 5.26 Å². The van der Waals surface area contributed by atoms with Gasteiger partial charge in [-0.1, -0.05) is 0 Å². The van der Waals surface area contributed by atoms with Crippen molar-refractivity contribution in [2.75, 3.05) is 11.1 Å². The van der Waals surface area contributed by atoms with Crippen LogP contribution in [0.15, 0.2) is 30.7 Å². The van der Waals surface area contributed by atoms with Crippen LogP contribution < -0.4 is 11.1 Å². The quantitative estimate of drug-likeness (QED) is 0.698. The molecule has 1 amide bonds. The number of nitrogens with one attached hydrogen (secondary N) is 1. The third-order valence-corrected chi connectivity index (χ3v) is 5.05. The highest BCUT2D eigenvalue weighted by Gasteiger charge is 2.43. The molecule has 2 atom stereocenters. The largest absolute Gasteiger partial charge is 0.383 e. The second-order valence-electron chi connectivity index (χ2n) is 6.95. The van der Waals surface area contributed by atoms with E-state index in [1.54, 1.807) is 19.1 Å². The summed E-state index contributed by atoms with van der Waals surface area (Å²) < 4.78 is 26.4. The first-order valence-corrected chi connectivity index (χ1v) is 8.88. The van der Waals surface area contributed by atoms with Gasteiger partial charge in [-0.25, -0.2) is 18.7 Å². The molecule has 1 saturated carbocycles. The molecule has 3 heterocycles. The highest BCUT2D eigenvalue weighted by Crippen LogP contribution is 2.38. The van der Waals surface area contributed by atoms with Crippen molar-refractivity contribution in [1.29, 1.82) is 5.26 Å². The lowest BCUT2D eigenvalue weighted by Gasteiger charge is -2.12. The van der Waals surface area contributed by atoms with Crippen molar-refractivity contribution in [3.8, 4) is 17.3 Å². The van der Waals surface area contributed by atoms with Crippen molar-refractivity contribution in [3.63, 3.8) is 0 Å². The van der Waals surface area contributed by atoms with Gasteiger partial charge in [-0.05, 0) is 36.4 Å². The molecule has 7 nitrogen and oxygen atoms in total. The molecule has 4 rings (SSSR count). The maximum atomic E-state index is 13.2. The van der Waals surface area contributed by atoms with Crippen LogP contribution in [-0.4, -0.2) is 20.9 Å². The minimum atomic E-state index is -2.65. The number of pyridine rings is 3. The van der Waals surface area contributed by atoms with Crippen molar-refractivity contribution in [2.45, 2.75) is 19.8 Å². The number of nitrogens with zero attached hydrogens (tertiary/aromatic N) is 4. The van der Waals surface area contributed by atoms with E-state index < -0.39 is 6.43 Å². The maximum absolute atomic E-state index is 13.2. The standard InChI is InChI=1S/C20H16F2N6O/c1-9-13(6-25-7-14(9)18(21)22)16-3-10-4-17(26-8-15(10)19(24)27-16)28-20(29)12-2-11(12)5-23/h3-4,6-8,11-12,18H,2H2,1H3,(H2,24,27)(H,26,28,29)/t11-,12+/m0/s1. The zero-order valence-electron chi connectivity index (χ0n) is 15.4. The van der Waals surface area contributed by atoms with E-state index in [-0.39, 0.29) is 29.1 Å². The Bertz CT molecular complexity index is 1170. The predicted octanol–water partition coefficient (Wildman–Crippen LogP) is 3.62. The lowest BCUT2D eigenvalue weighted by molar-refractivity contribution is -0.117. The molecule has 3 N–H and O–H groups in total. The van der Waals surface area contributed by atoms with Crippen molar-refractivity contribution >= 4 is 28.3 Å². The average molecular weight is 394 g/mol. The van der Waals surface area contributed by atoms with Gasteiger partial charge in [-0.3, -0.25) is 9.78 Å². The second-order valence-corrected chi connectivity index (χ2v) is 6.95. The third kappa shape index (κ3) is 3.45. The summed E-state index contributed by atoms with van der Waals surface area (Å²) in [5, 5.41) is 12.8. The van der Waals surface area contributed by atoms with E-state index in [0.717, 1.165) is 6.20 Å². The number of carbonyl (C=O) groups is 1. The van der Waals surface area contributed by atoms with Crippen LogP contribution in [0.3, 0.4) is 0 Å². The second kappa shape index (κ2) is 7.05. The van der Waals surface area contributed by atoms with E-state index in [9.17, 15) is 13.6 Å². The summed E-state index contributed by atoms with van der Waals surface area (Å²) in [6, 6.07) is 5.40. The zero-order chi connectivity index (χ0) is 20.7. The van der Waals surface area contributed by atoms with Crippen molar-refractivity contribution in [3.05, 3.63) is 41.9 Å². The van der Waals surface area contributed by atoms with Crippen LogP contribution >= 0.6 is 0 Å². The molecule has 3 aromatic rings. The molecule has 0 bridgehead atoms. The first-order valence-electron chi connectivity index (χ1n) is 8.88. The molecule has 0 spiro atoms. The summed E-state index contributed by atoms with van der Waals surface area (Å²) in [5.41, 5.74) is 7.11. The molecular weight excluding hydrogens is 378 g/mol. The number of nitrogen functional groups attached to an aromatic ring is 1. The number of alkyl halides is 2. The van der Waals surface area contributed by atoms with Gasteiger partial charge in [0.15, 0.2) is 0 Å². The molecule has 1 aliphatic carbocycles. The fourth-order valence-electron chi connectivity index (χ4n) is 3.25. The van der Waals surface area contributed by atoms with Gasteiger partial charge in [0.25, 0.3) is 6.43 Å². The highest BCUT2D eigenvalue weighted by atomic mass is 19.3. The van der Waals surface area contributed by atoms with Crippen LogP contribution in [0.2, 0.25) is 0 Å². The number of nitrogens with two attached hydrogens (primary N) is 1. The van der Waals surface area contributed by atoms with E-state index in [0.29, 0.717) is 39.8 Å². The Morgan fingerprint density at radius 1 is 1.34 bits per heavy atom. The number of anilines is 2. The number of rotatable bonds is 4. The van der Waals surface area contributed by atoms with Gasteiger partial charge < -0.3 is 11.1 Å². The van der Waals surface area contributed by atoms with E-state index in [1.807, 2.05) is 0 Å². The van der Waals surface area contributed by atoms with Gasteiger partial charge in [0, 0.05) is 35.1 Å². The Morgan fingerprint density at radius 2 is 2.14 bits per heavy atom. The van der Waals surface area contributed by atoms with Gasteiger partial charge in [0.05, 0.1) is 23.6 Å². The van der Waals surface area contributed by atoms with Crippen LogP contribution in [0, 0.1) is 30.1 Å². The monoisotopic (exact) mass is 394 g/mol. The van der Waals surface area contributed by atoms with Crippen LogP contribution in [-0.2, 0) is 4.79 Å². The fraction of sp³-hybridized carbons (Fsp3) is 0.250. The van der Waals surface area contributed by atoms with Crippen LogP contribution in [0.25, 0.3) is 22.0 Å². The number of hydrogen-bond acceptors (Lipinski definition) is 6. The molecule has 0 unspecified atom stereocenters. The molecule has 1 fully saturated rings. The first-order chi connectivity index (χ1) is 13.9. The molecule has 29 heavy (non-hydrogen) atoms. The SMILES string of the molecule is Cc1c(-c2cc3cc(NC(=O)[C@@H]4C[C@H]4C#N)ncc3c(N)n2)cncc1C(F)F. The normalized spacial score (nSPS) is 17.9. The molecule has 146 valence electrons. The Hall–Kier alpha value is -3.67. The lowest BCUT2D eigenvalue weighted by atomic mass is 10.0. The van der Waals surface area contributed by atoms with Crippen LogP contribution in [0.1, 0.15) is 24.0 Å². The molecule has 9 heteroatoms. The van der Waals surface area contributed by atoms with E-state index >= 15 is 0 Å². The van der Waals surface area contributed by atoms with E-state index in [4.69, 9.17) is 11.0 Å². The Labute approximate surface area is 164 Å². The zero-order valence-corrected chi connectivity index (χ0v) is 15.4. The predicted molar refractivity (Wildman–Crippen MR) is 103 cm³/mol. The van der Waals surface area contributed by atoms with Crippen molar-refractivity contribution in [2.24, 2.45) is 11.8 Å². The Balaban J connectivity index is 1.72. The Kier molecular flexibility index (Phi) is 4.54. The summed E-state index contributed by atoms with van der Waals surface area (Å²) in [6.45, 7) is 1.58. The number of aromatic nitrogens is 3. The van der Waals surface area contributed by atoms with Gasteiger partial charge in [0.2, 0.25) is 5.91 Å². The summed E-state index contributed by atoms with van der Waals surface area (Å²) >= 11 is 0. The molecule has 3 aromatic heterocycles. The summed E-state index contributed by atoms with van der Waals surface area (Å²) in [7, 11) is 0. The topological polar surface area (TPSA) is 118 Å². The summed E-state index contributed by atoms with van der Waals surface area (Å²) in [6.07, 6.45) is 1.99.